The SMILES string of the molecule is CC(C)(O)[C@H](F)CN1Cc2cc(NC(=O)c3cnn4cccnc34)c(OCC(F)F)cc2C1=O. The second kappa shape index (κ2) is 8.93. The molecule has 0 aliphatic carbocycles. The van der Waals surface area contributed by atoms with Gasteiger partial charge in [0.25, 0.3) is 18.2 Å². The lowest BCUT2D eigenvalue weighted by Crippen LogP contribution is -2.42. The summed E-state index contributed by atoms with van der Waals surface area (Å²) < 4.78 is 46.5. The summed E-state index contributed by atoms with van der Waals surface area (Å²) in [5.41, 5.74) is -0.563. The molecule has 34 heavy (non-hydrogen) atoms. The minimum atomic E-state index is -2.79. The van der Waals surface area contributed by atoms with Crippen molar-refractivity contribution >= 4 is 23.1 Å². The Hall–Kier alpha value is -3.67. The van der Waals surface area contributed by atoms with Gasteiger partial charge in [-0.25, -0.2) is 22.7 Å². The van der Waals surface area contributed by atoms with Gasteiger partial charge < -0.3 is 20.1 Å². The summed E-state index contributed by atoms with van der Waals surface area (Å²) in [5.74, 6) is -1.28. The molecular formula is C22H22F3N5O4. The molecule has 2 aromatic heterocycles. The monoisotopic (exact) mass is 477 g/mol. The van der Waals surface area contributed by atoms with Gasteiger partial charge in [0.15, 0.2) is 5.65 Å². The molecule has 12 heteroatoms. The molecule has 0 bridgehead atoms. The number of hydrogen-bond donors (Lipinski definition) is 2. The number of halogens is 3. The number of alkyl halides is 3. The molecule has 2 N–H and O–H groups in total. The fourth-order valence-electron chi connectivity index (χ4n) is 3.51. The minimum absolute atomic E-state index is 0.0148. The summed E-state index contributed by atoms with van der Waals surface area (Å²) in [6.45, 7) is 1.29. The maximum Gasteiger partial charge on any atom is 0.272 e. The second-order valence-electron chi connectivity index (χ2n) is 8.41. The van der Waals surface area contributed by atoms with Crippen LogP contribution in [0.25, 0.3) is 5.65 Å². The van der Waals surface area contributed by atoms with Gasteiger partial charge in [0.05, 0.1) is 24.0 Å². The molecule has 0 radical (unpaired) electrons. The average molecular weight is 477 g/mol. The van der Waals surface area contributed by atoms with Crippen LogP contribution < -0.4 is 10.1 Å². The number of anilines is 1. The van der Waals surface area contributed by atoms with Crippen molar-refractivity contribution in [3.63, 3.8) is 0 Å². The number of nitrogens with one attached hydrogen (secondary N) is 1. The first-order valence-electron chi connectivity index (χ1n) is 10.4. The number of hydrogen-bond acceptors (Lipinski definition) is 6. The average Bonchev–Trinajstić information content (AvgIpc) is 3.33. The molecule has 0 spiro atoms. The zero-order valence-corrected chi connectivity index (χ0v) is 18.3. The molecule has 3 heterocycles. The van der Waals surface area contributed by atoms with E-state index in [1.165, 1.54) is 47.8 Å². The van der Waals surface area contributed by atoms with Gasteiger partial charge in [-0.1, -0.05) is 0 Å². The zero-order chi connectivity index (χ0) is 24.6. The van der Waals surface area contributed by atoms with Crippen molar-refractivity contribution < 1.29 is 32.6 Å². The van der Waals surface area contributed by atoms with E-state index in [0.717, 1.165) is 0 Å². The Morgan fingerprint density at radius 3 is 2.79 bits per heavy atom. The number of aliphatic hydroxyl groups is 1. The van der Waals surface area contributed by atoms with E-state index in [1.807, 2.05) is 0 Å². The fourth-order valence-corrected chi connectivity index (χ4v) is 3.51. The quantitative estimate of drug-likeness (QED) is 0.517. The predicted octanol–water partition coefficient (Wildman–Crippen LogP) is 2.69. The van der Waals surface area contributed by atoms with Gasteiger partial charge >= 0.3 is 0 Å². The van der Waals surface area contributed by atoms with Crippen LogP contribution in [-0.4, -0.2) is 67.8 Å². The molecule has 0 saturated carbocycles. The summed E-state index contributed by atoms with van der Waals surface area (Å²) in [6.07, 6.45) is -0.0764. The van der Waals surface area contributed by atoms with Crippen LogP contribution in [0.4, 0.5) is 18.9 Å². The molecule has 0 fully saturated rings. The fraction of sp³-hybridized carbons (Fsp3) is 0.364. The van der Waals surface area contributed by atoms with Crippen LogP contribution in [0.15, 0.2) is 36.8 Å². The topological polar surface area (TPSA) is 109 Å². The molecule has 0 unspecified atom stereocenters. The van der Waals surface area contributed by atoms with E-state index in [4.69, 9.17) is 4.74 Å². The summed E-state index contributed by atoms with van der Waals surface area (Å²) in [6, 6.07) is 4.32. The lowest BCUT2D eigenvalue weighted by atomic mass is 10.0. The smallest absolute Gasteiger partial charge is 0.272 e. The van der Waals surface area contributed by atoms with Gasteiger partial charge in [0.2, 0.25) is 0 Å². The van der Waals surface area contributed by atoms with Gasteiger partial charge in [-0.05, 0) is 37.6 Å². The number of benzene rings is 1. The van der Waals surface area contributed by atoms with Crippen LogP contribution in [0.3, 0.4) is 0 Å². The van der Waals surface area contributed by atoms with E-state index in [9.17, 15) is 27.9 Å². The predicted molar refractivity (Wildman–Crippen MR) is 115 cm³/mol. The van der Waals surface area contributed by atoms with Gasteiger partial charge in [-0.15, -0.1) is 0 Å². The number of nitrogens with zero attached hydrogens (tertiary/aromatic N) is 4. The number of fused-ring (bicyclic) bond motifs is 2. The van der Waals surface area contributed by atoms with Crippen molar-refractivity contribution in [3.8, 4) is 5.75 Å². The van der Waals surface area contributed by atoms with Crippen LogP contribution in [0, 0.1) is 0 Å². The molecule has 0 saturated heterocycles. The van der Waals surface area contributed by atoms with Gasteiger partial charge in [0, 0.05) is 24.5 Å². The molecule has 1 aliphatic rings. The number of carbonyl (C=O) groups is 2. The van der Waals surface area contributed by atoms with E-state index < -0.39 is 36.6 Å². The standard InChI is InChI=1S/C22H22F3N5O4/c1-22(2,33)17(23)10-29-9-12-6-15(16(34-11-18(24)25)7-13(12)21(29)32)28-20(31)14-8-27-30-5-3-4-26-19(14)30/h3-8,17-18,33H,9-11H2,1-2H3,(H,28,31)/t17-/m1/s1. The Balaban J connectivity index is 1.63. The van der Waals surface area contributed by atoms with Crippen LogP contribution >= 0.6 is 0 Å². The molecule has 3 aromatic rings. The third-order valence-corrected chi connectivity index (χ3v) is 5.37. The van der Waals surface area contributed by atoms with Crippen molar-refractivity contribution in [2.45, 2.75) is 38.6 Å². The molecule has 1 aromatic carbocycles. The normalized spacial score (nSPS) is 14.6. The third-order valence-electron chi connectivity index (χ3n) is 5.37. The van der Waals surface area contributed by atoms with E-state index >= 15 is 0 Å². The highest BCUT2D eigenvalue weighted by Gasteiger charge is 2.35. The summed E-state index contributed by atoms with van der Waals surface area (Å²) in [7, 11) is 0. The highest BCUT2D eigenvalue weighted by atomic mass is 19.3. The zero-order valence-electron chi connectivity index (χ0n) is 18.3. The molecular weight excluding hydrogens is 455 g/mol. The Morgan fingerprint density at radius 1 is 1.32 bits per heavy atom. The van der Waals surface area contributed by atoms with Crippen LogP contribution in [0.1, 0.15) is 40.1 Å². The highest BCUT2D eigenvalue weighted by Crippen LogP contribution is 2.35. The molecule has 2 amide bonds. The first-order valence-corrected chi connectivity index (χ1v) is 10.4. The number of aromatic nitrogens is 3. The number of ether oxygens (including phenoxy) is 1. The molecule has 1 aliphatic heterocycles. The maximum absolute atomic E-state index is 14.4. The van der Waals surface area contributed by atoms with E-state index in [2.05, 4.69) is 15.4 Å². The Morgan fingerprint density at radius 2 is 2.09 bits per heavy atom. The second-order valence-corrected chi connectivity index (χ2v) is 8.41. The van der Waals surface area contributed by atoms with Crippen molar-refractivity contribution in [3.05, 3.63) is 53.5 Å². The molecule has 1 atom stereocenters. The lowest BCUT2D eigenvalue weighted by molar-refractivity contribution is -0.0159. The molecule has 180 valence electrons. The summed E-state index contributed by atoms with van der Waals surface area (Å²) in [4.78, 5) is 31.0. The van der Waals surface area contributed by atoms with Crippen LogP contribution in [-0.2, 0) is 6.54 Å². The minimum Gasteiger partial charge on any atom is -0.485 e. The maximum atomic E-state index is 14.4. The highest BCUT2D eigenvalue weighted by molar-refractivity contribution is 6.09. The first kappa shape index (κ1) is 23.5. The lowest BCUT2D eigenvalue weighted by Gasteiger charge is -2.26. The Kier molecular flexibility index (Phi) is 6.17. The summed E-state index contributed by atoms with van der Waals surface area (Å²) >= 11 is 0. The van der Waals surface area contributed by atoms with Crippen LogP contribution in [0.5, 0.6) is 5.75 Å². The van der Waals surface area contributed by atoms with Crippen molar-refractivity contribution in [1.29, 1.82) is 0 Å². The van der Waals surface area contributed by atoms with Crippen molar-refractivity contribution in [2.75, 3.05) is 18.5 Å². The van der Waals surface area contributed by atoms with Crippen molar-refractivity contribution in [2.24, 2.45) is 0 Å². The number of amides is 2. The molecule has 9 nitrogen and oxygen atoms in total. The Labute approximate surface area is 192 Å². The molecule has 4 rings (SSSR count). The van der Waals surface area contributed by atoms with Crippen LogP contribution in [0.2, 0.25) is 0 Å². The largest absolute Gasteiger partial charge is 0.485 e. The number of rotatable bonds is 8. The Bertz CT molecular complexity index is 1240. The third kappa shape index (κ3) is 4.67. The van der Waals surface area contributed by atoms with Crippen molar-refractivity contribution in [1.82, 2.24) is 19.5 Å². The number of carbonyl (C=O) groups excluding carboxylic acids is 2. The van der Waals surface area contributed by atoms with E-state index in [1.54, 1.807) is 12.3 Å². The van der Waals surface area contributed by atoms with E-state index in [-0.39, 0.29) is 41.3 Å². The van der Waals surface area contributed by atoms with Gasteiger partial charge in [0.1, 0.15) is 24.1 Å². The first-order chi connectivity index (χ1) is 16.0. The summed E-state index contributed by atoms with van der Waals surface area (Å²) in [5, 5.41) is 16.5. The van der Waals surface area contributed by atoms with E-state index in [0.29, 0.717) is 5.56 Å². The van der Waals surface area contributed by atoms with Gasteiger partial charge in [-0.2, -0.15) is 5.10 Å². The van der Waals surface area contributed by atoms with Gasteiger partial charge in [-0.3, -0.25) is 9.59 Å².